The van der Waals surface area contributed by atoms with Crippen molar-refractivity contribution in [2.75, 3.05) is 13.7 Å². The van der Waals surface area contributed by atoms with E-state index in [1.807, 2.05) is 48.9 Å². The zero-order valence-corrected chi connectivity index (χ0v) is 17.6. The van der Waals surface area contributed by atoms with E-state index in [9.17, 15) is 18.5 Å². The van der Waals surface area contributed by atoms with E-state index in [4.69, 9.17) is 4.74 Å². The molecule has 0 aliphatic rings. The summed E-state index contributed by atoms with van der Waals surface area (Å²) in [6, 6.07) is 13.1. The van der Waals surface area contributed by atoms with Crippen molar-refractivity contribution in [3.8, 4) is 11.4 Å². The molecule has 30 heavy (non-hydrogen) atoms. The minimum absolute atomic E-state index is 0.0778. The molecule has 0 aliphatic carbocycles. The molecule has 0 fully saturated rings. The van der Waals surface area contributed by atoms with E-state index in [2.05, 4.69) is 9.82 Å². The molecule has 0 spiro atoms. The molecule has 0 atom stereocenters. The Morgan fingerprint density at radius 2 is 1.83 bits per heavy atom. The minimum Gasteiger partial charge on any atom is -0.495 e. The van der Waals surface area contributed by atoms with Crippen LogP contribution in [0, 0.1) is 24.0 Å². The van der Waals surface area contributed by atoms with Crippen molar-refractivity contribution in [2.24, 2.45) is 0 Å². The van der Waals surface area contributed by atoms with Crippen molar-refractivity contribution < 1.29 is 18.1 Å². The summed E-state index contributed by atoms with van der Waals surface area (Å²) in [5, 5.41) is 15.3. The first kappa shape index (κ1) is 21.5. The summed E-state index contributed by atoms with van der Waals surface area (Å²) in [5.41, 5.74) is 3.62. The molecule has 2 aromatic carbocycles. The molecule has 0 saturated carbocycles. The molecule has 0 amide bonds. The van der Waals surface area contributed by atoms with Gasteiger partial charge in [0.05, 0.1) is 29.5 Å². The Kier molecular flexibility index (Phi) is 6.18. The number of ether oxygens (including phenoxy) is 1. The number of non-ortho nitro benzene ring substituents is 1. The fourth-order valence-electron chi connectivity index (χ4n) is 3.09. The minimum atomic E-state index is -3.88. The first-order chi connectivity index (χ1) is 14.2. The highest BCUT2D eigenvalue weighted by molar-refractivity contribution is 7.89. The summed E-state index contributed by atoms with van der Waals surface area (Å²) in [6.45, 7) is 4.08. The van der Waals surface area contributed by atoms with Gasteiger partial charge < -0.3 is 4.74 Å². The number of nitro groups is 1. The molecule has 10 heteroatoms. The zero-order chi connectivity index (χ0) is 21.9. The highest BCUT2D eigenvalue weighted by Crippen LogP contribution is 2.28. The van der Waals surface area contributed by atoms with Gasteiger partial charge in [-0.3, -0.25) is 10.1 Å². The lowest BCUT2D eigenvalue weighted by molar-refractivity contribution is -0.385. The Bertz CT molecular complexity index is 1170. The summed E-state index contributed by atoms with van der Waals surface area (Å²) in [4.78, 5) is 10.1. The quantitative estimate of drug-likeness (QED) is 0.434. The van der Waals surface area contributed by atoms with Crippen LogP contribution >= 0.6 is 0 Å². The summed E-state index contributed by atoms with van der Waals surface area (Å²) in [5.74, 6) is -0.0778. The first-order valence-corrected chi connectivity index (χ1v) is 10.6. The highest BCUT2D eigenvalue weighted by atomic mass is 32.2. The third-order valence-electron chi connectivity index (χ3n) is 4.54. The van der Waals surface area contributed by atoms with Gasteiger partial charge in [0.1, 0.15) is 10.6 Å². The number of sulfonamides is 1. The van der Waals surface area contributed by atoms with Gasteiger partial charge in [-0.15, -0.1) is 0 Å². The van der Waals surface area contributed by atoms with E-state index in [0.29, 0.717) is 6.42 Å². The van der Waals surface area contributed by atoms with E-state index in [1.165, 1.54) is 13.2 Å². The Labute approximate surface area is 174 Å². The second kappa shape index (κ2) is 8.64. The van der Waals surface area contributed by atoms with Crippen molar-refractivity contribution in [1.82, 2.24) is 14.5 Å². The molecule has 0 unspecified atom stereocenters. The van der Waals surface area contributed by atoms with Crippen LogP contribution in [0.3, 0.4) is 0 Å². The van der Waals surface area contributed by atoms with Crippen LogP contribution in [-0.2, 0) is 16.4 Å². The van der Waals surface area contributed by atoms with E-state index in [0.717, 1.165) is 34.8 Å². The molecule has 0 radical (unpaired) electrons. The van der Waals surface area contributed by atoms with Crippen molar-refractivity contribution in [3.05, 3.63) is 75.6 Å². The van der Waals surface area contributed by atoms with Gasteiger partial charge in [0.2, 0.25) is 10.0 Å². The van der Waals surface area contributed by atoms with Crippen molar-refractivity contribution in [1.29, 1.82) is 0 Å². The van der Waals surface area contributed by atoms with Crippen LogP contribution in [0.1, 0.15) is 17.0 Å². The standard InChI is InChI=1S/C20H22N4O5S/c1-14-12-15(2)23(22-14)17-6-4-16(5-7-17)10-11-21-30(27,28)20-9-8-18(24(25)26)13-19(20)29-3/h4-9,12-13,21H,10-11H2,1-3H3. The number of aryl methyl sites for hydroxylation is 2. The van der Waals surface area contributed by atoms with Gasteiger partial charge in [-0.05, 0) is 50.1 Å². The van der Waals surface area contributed by atoms with Gasteiger partial charge in [-0.2, -0.15) is 5.10 Å². The van der Waals surface area contributed by atoms with Gasteiger partial charge in [-0.1, -0.05) is 12.1 Å². The summed E-state index contributed by atoms with van der Waals surface area (Å²) in [7, 11) is -2.62. The molecule has 158 valence electrons. The Morgan fingerprint density at radius 3 is 2.40 bits per heavy atom. The molecule has 3 rings (SSSR count). The van der Waals surface area contributed by atoms with Gasteiger partial charge in [-0.25, -0.2) is 17.8 Å². The van der Waals surface area contributed by atoms with E-state index in [1.54, 1.807) is 0 Å². The highest BCUT2D eigenvalue weighted by Gasteiger charge is 2.21. The number of aromatic nitrogens is 2. The summed E-state index contributed by atoms with van der Waals surface area (Å²) < 4.78 is 34.6. The largest absolute Gasteiger partial charge is 0.495 e. The molecule has 1 N–H and O–H groups in total. The molecular formula is C20H22N4O5S. The van der Waals surface area contributed by atoms with Crippen LogP contribution < -0.4 is 9.46 Å². The third kappa shape index (κ3) is 4.66. The Balaban J connectivity index is 1.67. The molecule has 0 aliphatic heterocycles. The number of rotatable bonds is 8. The van der Waals surface area contributed by atoms with Gasteiger partial charge >= 0.3 is 0 Å². The van der Waals surface area contributed by atoms with Crippen LogP contribution in [0.15, 0.2) is 53.4 Å². The molecule has 1 aromatic heterocycles. The Morgan fingerprint density at radius 1 is 1.13 bits per heavy atom. The second-order valence-electron chi connectivity index (χ2n) is 6.75. The smallest absolute Gasteiger partial charge is 0.273 e. The van der Waals surface area contributed by atoms with Gasteiger partial charge in [0, 0.05) is 18.3 Å². The number of hydrogen-bond acceptors (Lipinski definition) is 6. The Hall–Kier alpha value is -3.24. The van der Waals surface area contributed by atoms with Crippen LogP contribution in [0.4, 0.5) is 5.69 Å². The zero-order valence-electron chi connectivity index (χ0n) is 16.8. The lowest BCUT2D eigenvalue weighted by Gasteiger charge is -2.11. The first-order valence-electron chi connectivity index (χ1n) is 9.16. The monoisotopic (exact) mass is 430 g/mol. The number of nitrogens with zero attached hydrogens (tertiary/aromatic N) is 3. The second-order valence-corrected chi connectivity index (χ2v) is 8.48. The predicted molar refractivity (Wildman–Crippen MR) is 112 cm³/mol. The molecule has 0 saturated heterocycles. The number of hydrogen-bond donors (Lipinski definition) is 1. The number of benzene rings is 2. The van der Waals surface area contributed by atoms with Crippen LogP contribution in [0.2, 0.25) is 0 Å². The van der Waals surface area contributed by atoms with E-state index in [-0.39, 0.29) is 22.9 Å². The molecule has 1 heterocycles. The molecular weight excluding hydrogens is 408 g/mol. The lowest BCUT2D eigenvalue weighted by atomic mass is 10.1. The number of methoxy groups -OCH3 is 1. The predicted octanol–water partition coefficient (Wildman–Crippen LogP) is 2.93. The van der Waals surface area contributed by atoms with Crippen molar-refractivity contribution >= 4 is 15.7 Å². The summed E-state index contributed by atoms with van der Waals surface area (Å²) >= 11 is 0. The maximum Gasteiger partial charge on any atom is 0.273 e. The maximum atomic E-state index is 12.6. The molecule has 0 bridgehead atoms. The third-order valence-corrected chi connectivity index (χ3v) is 6.04. The number of nitrogens with one attached hydrogen (secondary N) is 1. The van der Waals surface area contributed by atoms with Gasteiger partial charge in [0.25, 0.3) is 5.69 Å². The maximum absolute atomic E-state index is 12.6. The molecule has 3 aromatic rings. The summed E-state index contributed by atoms with van der Waals surface area (Å²) in [6.07, 6.45) is 0.478. The lowest BCUT2D eigenvalue weighted by Crippen LogP contribution is -2.26. The van der Waals surface area contributed by atoms with E-state index >= 15 is 0 Å². The van der Waals surface area contributed by atoms with Gasteiger partial charge in [0.15, 0.2) is 0 Å². The molecule has 9 nitrogen and oxygen atoms in total. The average Bonchev–Trinajstić information content (AvgIpc) is 3.05. The van der Waals surface area contributed by atoms with Crippen molar-refractivity contribution in [2.45, 2.75) is 25.2 Å². The topological polar surface area (TPSA) is 116 Å². The fourth-order valence-corrected chi connectivity index (χ4v) is 4.27. The number of nitro benzene ring substituents is 1. The van der Waals surface area contributed by atoms with E-state index < -0.39 is 14.9 Å². The van der Waals surface area contributed by atoms with Crippen LogP contribution in [0.25, 0.3) is 5.69 Å². The van der Waals surface area contributed by atoms with Crippen LogP contribution in [-0.4, -0.2) is 36.8 Å². The average molecular weight is 430 g/mol. The SMILES string of the molecule is COc1cc([N+](=O)[O-])ccc1S(=O)(=O)NCCc1ccc(-n2nc(C)cc2C)cc1. The van der Waals surface area contributed by atoms with Crippen LogP contribution in [0.5, 0.6) is 5.75 Å². The normalized spacial score (nSPS) is 11.4. The fraction of sp³-hybridized carbons (Fsp3) is 0.250. The van der Waals surface area contributed by atoms with Crippen molar-refractivity contribution in [3.63, 3.8) is 0 Å².